The second kappa shape index (κ2) is 5.74. The molecular weight excluding hydrogens is 227 g/mol. The van der Waals surface area contributed by atoms with Crippen molar-refractivity contribution in [1.29, 1.82) is 0 Å². The van der Waals surface area contributed by atoms with E-state index in [1.165, 1.54) is 11.6 Å². The SMILES string of the molecule is CNC(Cc1cccnc1)c1ccc(F)cc1C. The average Bonchev–Trinajstić information content (AvgIpc) is 2.38. The summed E-state index contributed by atoms with van der Waals surface area (Å²) < 4.78 is 13.1. The maximum Gasteiger partial charge on any atom is 0.123 e. The monoisotopic (exact) mass is 244 g/mol. The molecule has 0 bridgehead atoms. The lowest BCUT2D eigenvalue weighted by Gasteiger charge is -2.19. The number of halogens is 1. The Balaban J connectivity index is 2.23. The molecule has 1 aromatic heterocycles. The lowest BCUT2D eigenvalue weighted by Crippen LogP contribution is -2.20. The summed E-state index contributed by atoms with van der Waals surface area (Å²) in [5, 5.41) is 3.28. The van der Waals surface area contributed by atoms with Gasteiger partial charge in [-0.15, -0.1) is 0 Å². The van der Waals surface area contributed by atoms with Crippen molar-refractivity contribution < 1.29 is 4.39 Å². The molecule has 0 aliphatic carbocycles. The van der Waals surface area contributed by atoms with Crippen molar-refractivity contribution in [2.45, 2.75) is 19.4 Å². The van der Waals surface area contributed by atoms with Gasteiger partial charge in [-0.3, -0.25) is 4.98 Å². The molecule has 1 atom stereocenters. The van der Waals surface area contributed by atoms with E-state index in [4.69, 9.17) is 0 Å². The van der Waals surface area contributed by atoms with Gasteiger partial charge in [0.05, 0.1) is 0 Å². The van der Waals surface area contributed by atoms with E-state index in [2.05, 4.69) is 16.4 Å². The quantitative estimate of drug-likeness (QED) is 0.894. The number of pyridine rings is 1. The first-order valence-corrected chi connectivity index (χ1v) is 6.03. The number of hydrogen-bond donors (Lipinski definition) is 1. The average molecular weight is 244 g/mol. The van der Waals surface area contributed by atoms with Crippen LogP contribution in [0.3, 0.4) is 0 Å². The largest absolute Gasteiger partial charge is 0.313 e. The van der Waals surface area contributed by atoms with Crippen LogP contribution in [0, 0.1) is 12.7 Å². The number of hydrogen-bond acceptors (Lipinski definition) is 2. The molecule has 0 spiro atoms. The van der Waals surface area contributed by atoms with E-state index in [9.17, 15) is 4.39 Å². The maximum absolute atomic E-state index is 13.1. The second-order valence-corrected chi connectivity index (χ2v) is 4.41. The normalized spacial score (nSPS) is 12.4. The van der Waals surface area contributed by atoms with Crippen molar-refractivity contribution in [2.75, 3.05) is 7.05 Å². The predicted molar refractivity (Wildman–Crippen MR) is 70.9 cm³/mol. The predicted octanol–water partition coefficient (Wildman–Crippen LogP) is 3.03. The molecule has 0 saturated heterocycles. The summed E-state index contributed by atoms with van der Waals surface area (Å²) in [6, 6.07) is 9.09. The lowest BCUT2D eigenvalue weighted by molar-refractivity contribution is 0.581. The summed E-state index contributed by atoms with van der Waals surface area (Å²) in [6.07, 6.45) is 4.47. The van der Waals surface area contributed by atoms with Gasteiger partial charge in [-0.1, -0.05) is 12.1 Å². The van der Waals surface area contributed by atoms with E-state index in [0.717, 1.165) is 17.5 Å². The highest BCUT2D eigenvalue weighted by Gasteiger charge is 2.13. The number of aryl methyl sites for hydroxylation is 1. The number of aromatic nitrogens is 1. The Kier molecular flexibility index (Phi) is 4.05. The molecule has 0 amide bonds. The first-order chi connectivity index (χ1) is 8.70. The van der Waals surface area contributed by atoms with Crippen LogP contribution in [0.25, 0.3) is 0 Å². The minimum atomic E-state index is -0.188. The Morgan fingerprint density at radius 1 is 1.33 bits per heavy atom. The van der Waals surface area contributed by atoms with Crippen molar-refractivity contribution >= 4 is 0 Å². The number of nitrogens with one attached hydrogen (secondary N) is 1. The number of benzene rings is 1. The van der Waals surface area contributed by atoms with Crippen LogP contribution in [-0.2, 0) is 6.42 Å². The Hall–Kier alpha value is -1.74. The van der Waals surface area contributed by atoms with Crippen LogP contribution in [0.2, 0.25) is 0 Å². The standard InChI is InChI=1S/C15H17FN2/c1-11-8-13(16)5-6-14(11)15(17-2)9-12-4-3-7-18-10-12/h3-8,10,15,17H,9H2,1-2H3. The number of likely N-dealkylation sites (N-methyl/N-ethyl adjacent to an activating group) is 1. The zero-order chi connectivity index (χ0) is 13.0. The Labute approximate surface area is 107 Å². The van der Waals surface area contributed by atoms with Crippen LogP contribution < -0.4 is 5.32 Å². The molecule has 0 aliphatic heterocycles. The van der Waals surface area contributed by atoms with Gasteiger partial charge in [-0.25, -0.2) is 4.39 Å². The molecule has 0 radical (unpaired) electrons. The molecule has 94 valence electrons. The Morgan fingerprint density at radius 3 is 2.78 bits per heavy atom. The van der Waals surface area contributed by atoms with Gasteiger partial charge in [-0.2, -0.15) is 0 Å². The molecular formula is C15H17FN2. The van der Waals surface area contributed by atoms with Gasteiger partial charge in [0.25, 0.3) is 0 Å². The third-order valence-electron chi connectivity index (χ3n) is 3.12. The third-order valence-corrected chi connectivity index (χ3v) is 3.12. The summed E-state index contributed by atoms with van der Waals surface area (Å²) in [7, 11) is 1.92. The fraction of sp³-hybridized carbons (Fsp3) is 0.267. The molecule has 1 heterocycles. The van der Waals surface area contributed by atoms with Crippen molar-refractivity contribution in [1.82, 2.24) is 10.3 Å². The third kappa shape index (κ3) is 2.93. The van der Waals surface area contributed by atoms with Crippen molar-refractivity contribution in [3.63, 3.8) is 0 Å². The van der Waals surface area contributed by atoms with Gasteiger partial charge in [0, 0.05) is 18.4 Å². The smallest absolute Gasteiger partial charge is 0.123 e. The first kappa shape index (κ1) is 12.7. The zero-order valence-electron chi connectivity index (χ0n) is 10.7. The van der Waals surface area contributed by atoms with E-state index in [0.29, 0.717) is 0 Å². The highest BCUT2D eigenvalue weighted by atomic mass is 19.1. The summed E-state index contributed by atoms with van der Waals surface area (Å²) >= 11 is 0. The van der Waals surface area contributed by atoms with Crippen LogP contribution in [0.5, 0.6) is 0 Å². The molecule has 1 N–H and O–H groups in total. The first-order valence-electron chi connectivity index (χ1n) is 6.03. The molecule has 3 heteroatoms. The second-order valence-electron chi connectivity index (χ2n) is 4.41. The number of rotatable bonds is 4. The maximum atomic E-state index is 13.1. The van der Waals surface area contributed by atoms with E-state index < -0.39 is 0 Å². The minimum Gasteiger partial charge on any atom is -0.313 e. The molecule has 18 heavy (non-hydrogen) atoms. The molecule has 2 rings (SSSR count). The molecule has 2 aromatic rings. The molecule has 0 aliphatic rings. The molecule has 0 fully saturated rings. The fourth-order valence-electron chi connectivity index (χ4n) is 2.15. The van der Waals surface area contributed by atoms with Gasteiger partial charge >= 0.3 is 0 Å². The van der Waals surface area contributed by atoms with Gasteiger partial charge in [0.2, 0.25) is 0 Å². The molecule has 2 nitrogen and oxygen atoms in total. The Bertz CT molecular complexity index is 511. The van der Waals surface area contributed by atoms with Crippen molar-refractivity contribution in [2.24, 2.45) is 0 Å². The van der Waals surface area contributed by atoms with E-state index >= 15 is 0 Å². The van der Waals surface area contributed by atoms with Crippen LogP contribution in [-0.4, -0.2) is 12.0 Å². The zero-order valence-corrected chi connectivity index (χ0v) is 10.7. The summed E-state index contributed by atoms with van der Waals surface area (Å²) in [6.45, 7) is 1.94. The lowest BCUT2D eigenvalue weighted by atomic mass is 9.96. The fourth-order valence-corrected chi connectivity index (χ4v) is 2.15. The van der Waals surface area contributed by atoms with Gasteiger partial charge in [0.15, 0.2) is 0 Å². The van der Waals surface area contributed by atoms with Crippen molar-refractivity contribution in [3.8, 4) is 0 Å². The molecule has 1 unspecified atom stereocenters. The van der Waals surface area contributed by atoms with E-state index in [1.807, 2.05) is 32.3 Å². The highest BCUT2D eigenvalue weighted by molar-refractivity contribution is 5.31. The van der Waals surface area contributed by atoms with Crippen LogP contribution in [0.1, 0.15) is 22.7 Å². The number of nitrogens with zero attached hydrogens (tertiary/aromatic N) is 1. The molecule has 1 aromatic carbocycles. The van der Waals surface area contributed by atoms with Gasteiger partial charge < -0.3 is 5.32 Å². The van der Waals surface area contributed by atoms with Gasteiger partial charge in [0.1, 0.15) is 5.82 Å². The van der Waals surface area contributed by atoms with E-state index in [-0.39, 0.29) is 11.9 Å². The summed E-state index contributed by atoms with van der Waals surface area (Å²) in [5.41, 5.74) is 3.27. The topological polar surface area (TPSA) is 24.9 Å². The Morgan fingerprint density at radius 2 is 2.17 bits per heavy atom. The summed E-state index contributed by atoms with van der Waals surface area (Å²) in [5.74, 6) is -0.188. The van der Waals surface area contributed by atoms with Crippen LogP contribution in [0.4, 0.5) is 4.39 Å². The van der Waals surface area contributed by atoms with Crippen LogP contribution in [0.15, 0.2) is 42.7 Å². The van der Waals surface area contributed by atoms with Crippen LogP contribution >= 0.6 is 0 Å². The summed E-state index contributed by atoms with van der Waals surface area (Å²) in [4.78, 5) is 4.11. The molecule has 0 saturated carbocycles. The minimum absolute atomic E-state index is 0.176. The van der Waals surface area contributed by atoms with Crippen molar-refractivity contribution in [3.05, 3.63) is 65.2 Å². The van der Waals surface area contributed by atoms with Gasteiger partial charge in [-0.05, 0) is 55.3 Å². The van der Waals surface area contributed by atoms with E-state index in [1.54, 1.807) is 12.3 Å². The highest BCUT2D eigenvalue weighted by Crippen LogP contribution is 2.21.